The molecule has 1 unspecified atom stereocenters. The molecule has 0 saturated heterocycles. The number of hydrogen-bond donors (Lipinski definition) is 3. The number of thioether (sulfide) groups is 1. The van der Waals surface area contributed by atoms with Crippen LogP contribution in [-0.4, -0.2) is 68.1 Å². The van der Waals surface area contributed by atoms with Crippen LogP contribution in [-0.2, 0) is 14.8 Å². The van der Waals surface area contributed by atoms with Gasteiger partial charge in [0, 0.05) is 18.7 Å². The van der Waals surface area contributed by atoms with E-state index in [4.69, 9.17) is 0 Å². The van der Waals surface area contributed by atoms with Gasteiger partial charge in [-0.1, -0.05) is 29.0 Å². The first-order chi connectivity index (χ1) is 15.9. The fourth-order valence-corrected chi connectivity index (χ4v) is 7.27. The third kappa shape index (κ3) is 4.32. The number of rotatable bonds is 7. The van der Waals surface area contributed by atoms with Crippen LogP contribution in [0.15, 0.2) is 32.8 Å². The van der Waals surface area contributed by atoms with Crippen molar-refractivity contribution >= 4 is 61.8 Å². The van der Waals surface area contributed by atoms with Crippen molar-refractivity contribution in [3.05, 3.63) is 39.8 Å². The number of tetrazole rings is 1. The molecule has 33 heavy (non-hydrogen) atoms. The van der Waals surface area contributed by atoms with Crippen LogP contribution in [0.1, 0.15) is 25.0 Å². The average molecular weight is 505 g/mol. The second-order valence-corrected chi connectivity index (χ2v) is 11.9. The van der Waals surface area contributed by atoms with E-state index in [0.717, 1.165) is 33.4 Å². The fourth-order valence-electron chi connectivity index (χ4n) is 3.75. The highest BCUT2D eigenvalue weighted by Crippen LogP contribution is 2.28. The van der Waals surface area contributed by atoms with Crippen molar-refractivity contribution in [3.8, 4) is 0 Å². The van der Waals surface area contributed by atoms with Crippen LogP contribution in [0.5, 0.6) is 0 Å². The molecule has 2 aliphatic rings. The Morgan fingerprint density at radius 1 is 1.39 bits per heavy atom. The molecule has 3 N–H and O–H groups in total. The molecule has 3 aromatic rings. The summed E-state index contributed by atoms with van der Waals surface area (Å²) in [6, 6.07) is 5.35. The SMILES string of the molecule is CN(C1=c2[nH]c(C3=NCC(CC(=O)Nc4nnn[nH]4)S3)cc2=CCC1)S(=O)(=O)c1cccs1. The molecule has 1 amide bonds. The number of anilines is 1. The molecule has 1 aliphatic heterocycles. The topological polar surface area (TPSA) is 149 Å². The normalized spacial score (nSPS) is 17.9. The van der Waals surface area contributed by atoms with Crippen molar-refractivity contribution in [2.24, 2.45) is 4.99 Å². The molecule has 0 spiro atoms. The van der Waals surface area contributed by atoms with Gasteiger partial charge in [0.15, 0.2) is 0 Å². The number of thiophene rings is 1. The summed E-state index contributed by atoms with van der Waals surface area (Å²) in [6.07, 6.45) is 3.74. The number of H-pyrrole nitrogens is 2. The number of carbonyl (C=O) groups is 1. The zero-order valence-corrected chi connectivity index (χ0v) is 19.9. The van der Waals surface area contributed by atoms with Crippen molar-refractivity contribution in [2.45, 2.75) is 28.7 Å². The van der Waals surface area contributed by atoms with Crippen LogP contribution in [0.3, 0.4) is 0 Å². The summed E-state index contributed by atoms with van der Waals surface area (Å²) in [5.41, 5.74) is 1.55. The Bertz CT molecular complexity index is 1430. The van der Waals surface area contributed by atoms with Crippen LogP contribution in [0.2, 0.25) is 0 Å². The maximum absolute atomic E-state index is 13.0. The highest BCUT2D eigenvalue weighted by molar-refractivity contribution is 8.15. The lowest BCUT2D eigenvalue weighted by atomic mass is 10.1. The van der Waals surface area contributed by atoms with Crippen LogP contribution in [0.4, 0.5) is 5.95 Å². The first-order valence-corrected chi connectivity index (χ1v) is 13.3. The van der Waals surface area contributed by atoms with Crippen LogP contribution < -0.4 is 15.9 Å². The largest absolute Gasteiger partial charge is 0.351 e. The van der Waals surface area contributed by atoms with Gasteiger partial charge < -0.3 is 4.98 Å². The van der Waals surface area contributed by atoms with Gasteiger partial charge in [-0.15, -0.1) is 11.3 Å². The predicted molar refractivity (Wildman–Crippen MR) is 127 cm³/mol. The molecule has 0 aromatic carbocycles. The number of fused-ring (bicyclic) bond motifs is 1. The molecule has 0 fully saturated rings. The van der Waals surface area contributed by atoms with Crippen molar-refractivity contribution in [2.75, 3.05) is 18.9 Å². The number of nitrogens with one attached hydrogen (secondary N) is 3. The van der Waals surface area contributed by atoms with Gasteiger partial charge in [0.2, 0.25) is 11.9 Å². The molecule has 0 bridgehead atoms. The van der Waals surface area contributed by atoms with Gasteiger partial charge in [-0.2, -0.15) is 0 Å². The molecular formula is C19H20N8O3S3. The van der Waals surface area contributed by atoms with E-state index in [1.807, 2.05) is 6.07 Å². The molecule has 172 valence electrons. The van der Waals surface area contributed by atoms with E-state index in [9.17, 15) is 13.2 Å². The smallest absolute Gasteiger partial charge is 0.273 e. The third-order valence-corrected chi connectivity index (χ3v) is 9.73. The zero-order chi connectivity index (χ0) is 23.0. The van der Waals surface area contributed by atoms with Gasteiger partial charge in [-0.05, 0) is 46.0 Å². The summed E-state index contributed by atoms with van der Waals surface area (Å²) >= 11 is 2.73. The van der Waals surface area contributed by atoms with Crippen LogP contribution in [0.25, 0.3) is 11.8 Å². The van der Waals surface area contributed by atoms with E-state index in [1.54, 1.807) is 24.6 Å². The van der Waals surface area contributed by atoms with E-state index < -0.39 is 10.0 Å². The second kappa shape index (κ2) is 8.76. The van der Waals surface area contributed by atoms with Gasteiger partial charge in [0.1, 0.15) is 9.25 Å². The third-order valence-electron chi connectivity index (χ3n) is 5.34. The summed E-state index contributed by atoms with van der Waals surface area (Å²) in [5, 5.41) is 19.9. The molecule has 4 heterocycles. The number of amides is 1. The standard InChI is InChI=1S/C19H20N8O3S3/c1-27(33(29,30)16-6-3-7-31-16)14-5-2-4-11-8-13(21-17(11)14)18-20-10-12(32-18)9-15(28)22-19-23-25-26-24-19/h3-4,6-8,12,21H,2,5,9-10H2,1H3,(H2,22,23,24,25,26,28). The van der Waals surface area contributed by atoms with E-state index >= 15 is 0 Å². The van der Waals surface area contributed by atoms with Crippen molar-refractivity contribution in [1.29, 1.82) is 0 Å². The minimum Gasteiger partial charge on any atom is -0.351 e. The summed E-state index contributed by atoms with van der Waals surface area (Å²) in [7, 11) is -2.01. The molecule has 0 radical (unpaired) electrons. The number of carbonyl (C=O) groups excluding carboxylic acids is 1. The van der Waals surface area contributed by atoms with Gasteiger partial charge in [-0.3, -0.25) is 19.4 Å². The molecule has 1 aliphatic carbocycles. The number of aliphatic imine (C=N–C) groups is 1. The molecule has 3 aromatic heterocycles. The lowest BCUT2D eigenvalue weighted by Crippen LogP contribution is -2.37. The molecule has 5 rings (SSSR count). The highest BCUT2D eigenvalue weighted by atomic mass is 32.2. The van der Waals surface area contributed by atoms with Gasteiger partial charge in [-0.25, -0.2) is 13.5 Å². The first-order valence-electron chi connectivity index (χ1n) is 10.1. The Kier molecular flexibility index (Phi) is 5.80. The second-order valence-electron chi connectivity index (χ2n) is 7.50. The Labute approximate surface area is 197 Å². The summed E-state index contributed by atoms with van der Waals surface area (Å²) in [6.45, 7) is 0.513. The number of sulfonamides is 1. The Morgan fingerprint density at radius 2 is 2.27 bits per heavy atom. The van der Waals surface area contributed by atoms with Gasteiger partial charge >= 0.3 is 0 Å². The Morgan fingerprint density at radius 3 is 3.03 bits per heavy atom. The number of aromatic nitrogens is 5. The lowest BCUT2D eigenvalue weighted by Gasteiger charge is -2.22. The minimum absolute atomic E-state index is 0.00878. The molecule has 14 heteroatoms. The van der Waals surface area contributed by atoms with Gasteiger partial charge in [0.05, 0.1) is 23.3 Å². The number of hydrogen-bond acceptors (Lipinski definition) is 9. The fraction of sp³-hybridized carbons (Fsp3) is 0.316. The zero-order valence-electron chi connectivity index (χ0n) is 17.5. The van der Waals surface area contributed by atoms with Crippen molar-refractivity contribution < 1.29 is 13.2 Å². The number of nitrogens with zero attached hydrogens (tertiary/aromatic N) is 5. The molecule has 11 nitrogen and oxygen atoms in total. The highest BCUT2D eigenvalue weighted by Gasteiger charge is 2.27. The Balaban J connectivity index is 1.35. The maximum Gasteiger partial charge on any atom is 0.273 e. The van der Waals surface area contributed by atoms with Crippen molar-refractivity contribution in [3.63, 3.8) is 0 Å². The van der Waals surface area contributed by atoms with Crippen LogP contribution >= 0.6 is 23.1 Å². The average Bonchev–Trinajstić information content (AvgIpc) is 3.59. The number of aromatic amines is 2. The van der Waals surface area contributed by atoms with Crippen LogP contribution in [0, 0.1) is 0 Å². The first kappa shape index (κ1) is 21.9. The van der Waals surface area contributed by atoms with Crippen molar-refractivity contribution in [1.82, 2.24) is 29.9 Å². The molecule has 1 atom stereocenters. The summed E-state index contributed by atoms with van der Waals surface area (Å²) in [5.74, 6) is 0.0130. The minimum atomic E-state index is -3.61. The lowest BCUT2D eigenvalue weighted by molar-refractivity contribution is -0.116. The monoisotopic (exact) mass is 504 g/mol. The van der Waals surface area contributed by atoms with E-state index in [2.05, 4.69) is 42.0 Å². The van der Waals surface area contributed by atoms with E-state index in [1.165, 1.54) is 27.4 Å². The quantitative estimate of drug-likeness (QED) is 0.424. The Hall–Kier alpha value is -2.97. The summed E-state index contributed by atoms with van der Waals surface area (Å²) in [4.78, 5) is 20.2. The molecular weight excluding hydrogens is 484 g/mol. The summed E-state index contributed by atoms with van der Waals surface area (Å²) < 4.78 is 27.8. The van der Waals surface area contributed by atoms with E-state index in [0.29, 0.717) is 17.2 Å². The van der Waals surface area contributed by atoms with E-state index in [-0.39, 0.29) is 23.5 Å². The predicted octanol–water partition coefficient (Wildman–Crippen LogP) is 0.483. The molecule has 0 saturated carbocycles. The van der Waals surface area contributed by atoms with Gasteiger partial charge in [0.25, 0.3) is 10.0 Å². The maximum atomic E-state index is 13.0.